The van der Waals surface area contributed by atoms with Crippen molar-refractivity contribution in [3.63, 3.8) is 0 Å². The van der Waals surface area contributed by atoms with E-state index in [1.807, 2.05) is 0 Å². The fourth-order valence-electron chi connectivity index (χ4n) is 4.07. The number of halogens is 2. The molecule has 4 atom stereocenters. The van der Waals surface area contributed by atoms with Crippen LogP contribution in [0.3, 0.4) is 0 Å². The Morgan fingerprint density at radius 1 is 1.33 bits per heavy atom. The van der Waals surface area contributed by atoms with Gasteiger partial charge in [-0.2, -0.15) is 0 Å². The quantitative estimate of drug-likeness (QED) is 0.513. The Labute approximate surface area is 136 Å². The van der Waals surface area contributed by atoms with Crippen LogP contribution in [0.1, 0.15) is 29.6 Å². The van der Waals surface area contributed by atoms with Gasteiger partial charge in [0.15, 0.2) is 11.6 Å². The fourth-order valence-corrected chi connectivity index (χ4v) is 4.07. The van der Waals surface area contributed by atoms with E-state index in [4.69, 9.17) is 4.74 Å². The predicted octanol–water partition coefficient (Wildman–Crippen LogP) is 1.67. The summed E-state index contributed by atoms with van der Waals surface area (Å²) in [6.45, 7) is 0. The van der Waals surface area contributed by atoms with E-state index < -0.39 is 52.2 Å². The number of carbonyl (C=O) groups is 3. The van der Waals surface area contributed by atoms with Gasteiger partial charge in [0, 0.05) is 0 Å². The first kappa shape index (κ1) is 16.7. The van der Waals surface area contributed by atoms with Crippen LogP contribution in [0.2, 0.25) is 0 Å². The summed E-state index contributed by atoms with van der Waals surface area (Å²) < 4.78 is 32.2. The van der Waals surface area contributed by atoms with Crippen LogP contribution in [0.25, 0.3) is 0 Å². The molecule has 0 aromatic heterocycles. The number of fused-ring (bicyclic) bond motifs is 2. The lowest BCUT2D eigenvalue weighted by Gasteiger charge is -2.28. The zero-order chi connectivity index (χ0) is 17.6. The minimum atomic E-state index is -1.89. The van der Waals surface area contributed by atoms with Crippen LogP contribution in [-0.2, 0) is 14.3 Å². The second-order valence-corrected chi connectivity index (χ2v) is 6.37. The molecule has 3 rings (SSSR count). The molecule has 2 bridgehead atoms. The van der Waals surface area contributed by atoms with Gasteiger partial charge in [0.1, 0.15) is 23.2 Å². The Balaban J connectivity index is 1.92. The first-order valence-electron chi connectivity index (χ1n) is 7.62. The van der Waals surface area contributed by atoms with Crippen molar-refractivity contribution in [1.29, 1.82) is 0 Å². The zero-order valence-electron chi connectivity index (χ0n) is 12.9. The number of hydrogen-bond acceptors (Lipinski definition) is 5. The highest BCUT2D eigenvalue weighted by Gasteiger charge is 2.64. The summed E-state index contributed by atoms with van der Waals surface area (Å²) in [5.74, 6) is -6.18. The van der Waals surface area contributed by atoms with Crippen LogP contribution >= 0.6 is 0 Å². The summed E-state index contributed by atoms with van der Waals surface area (Å²) >= 11 is 0. The Morgan fingerprint density at radius 3 is 2.54 bits per heavy atom. The topological polar surface area (TPSA) is 80.7 Å². The second kappa shape index (κ2) is 5.73. The number of rotatable bonds is 4. The van der Waals surface area contributed by atoms with E-state index in [1.54, 1.807) is 0 Å². The largest absolute Gasteiger partial charge is 0.468 e. The highest BCUT2D eigenvalue weighted by atomic mass is 19.1. The molecule has 2 unspecified atom stereocenters. The lowest BCUT2D eigenvalue weighted by molar-refractivity contribution is -0.158. The first-order chi connectivity index (χ1) is 11.3. The summed E-state index contributed by atoms with van der Waals surface area (Å²) in [6.07, 6.45) is -0.932. The lowest BCUT2D eigenvalue weighted by Crippen LogP contribution is -2.45. The molecule has 7 heteroatoms. The van der Waals surface area contributed by atoms with E-state index in [0.29, 0.717) is 12.8 Å². The van der Waals surface area contributed by atoms with Gasteiger partial charge in [-0.1, -0.05) is 6.07 Å². The third-order valence-electron chi connectivity index (χ3n) is 5.23. The summed E-state index contributed by atoms with van der Waals surface area (Å²) in [5.41, 5.74) is -2.22. The number of carbonyl (C=O) groups excluding carboxylic acids is 3. The number of hydrogen-bond donors (Lipinski definition) is 1. The van der Waals surface area contributed by atoms with Crippen LogP contribution in [-0.4, -0.2) is 35.9 Å². The van der Waals surface area contributed by atoms with E-state index in [1.165, 1.54) is 7.11 Å². The van der Waals surface area contributed by atoms with Crippen molar-refractivity contribution < 1.29 is 33.0 Å². The van der Waals surface area contributed by atoms with E-state index >= 15 is 0 Å². The molecular weight excluding hydrogens is 322 g/mol. The van der Waals surface area contributed by atoms with E-state index in [-0.39, 0.29) is 12.3 Å². The predicted molar refractivity (Wildman–Crippen MR) is 77.0 cm³/mol. The molecule has 0 amide bonds. The van der Waals surface area contributed by atoms with Gasteiger partial charge >= 0.3 is 5.97 Å². The zero-order valence-corrected chi connectivity index (χ0v) is 12.9. The molecule has 128 valence electrons. The molecule has 1 aromatic rings. The Morgan fingerprint density at radius 2 is 1.96 bits per heavy atom. The summed E-state index contributed by atoms with van der Waals surface area (Å²) in [4.78, 5) is 37.0. The van der Waals surface area contributed by atoms with Gasteiger partial charge < -0.3 is 9.84 Å². The average molecular weight is 338 g/mol. The van der Waals surface area contributed by atoms with E-state index in [2.05, 4.69) is 0 Å². The first-order valence-corrected chi connectivity index (χ1v) is 7.62. The van der Waals surface area contributed by atoms with Gasteiger partial charge in [-0.15, -0.1) is 0 Å². The minimum absolute atomic E-state index is 0.188. The number of methoxy groups -OCH3 is 1. The maximum atomic E-state index is 13.8. The number of benzene rings is 1. The van der Waals surface area contributed by atoms with Crippen LogP contribution in [0, 0.1) is 28.9 Å². The molecule has 0 heterocycles. The summed E-state index contributed by atoms with van der Waals surface area (Å²) in [7, 11) is 1.17. The molecule has 2 aliphatic rings. The van der Waals surface area contributed by atoms with Crippen molar-refractivity contribution in [3.05, 3.63) is 35.4 Å². The van der Waals surface area contributed by atoms with Crippen LogP contribution in [0.4, 0.5) is 8.78 Å². The maximum Gasteiger partial charge on any atom is 0.319 e. The molecule has 0 saturated heterocycles. The molecule has 0 radical (unpaired) electrons. The van der Waals surface area contributed by atoms with Crippen molar-refractivity contribution in [1.82, 2.24) is 0 Å². The number of aliphatic hydroxyl groups excluding tert-OH is 1. The van der Waals surface area contributed by atoms with E-state index in [0.717, 1.165) is 18.2 Å². The number of aliphatic hydroxyl groups is 1. The molecule has 0 aliphatic heterocycles. The Hall–Kier alpha value is -2.15. The molecule has 2 aliphatic carbocycles. The SMILES string of the molecule is COC(=O)[C@]12CC[C@H](C1)C(C(O)C(=O)c1c(F)cccc1F)C2=O. The van der Waals surface area contributed by atoms with Crippen LogP contribution in [0.15, 0.2) is 18.2 Å². The van der Waals surface area contributed by atoms with Crippen molar-refractivity contribution in [2.24, 2.45) is 17.3 Å². The minimum Gasteiger partial charge on any atom is -0.468 e. The molecular formula is C17H16F2O5. The van der Waals surface area contributed by atoms with E-state index in [9.17, 15) is 28.3 Å². The van der Waals surface area contributed by atoms with Gasteiger partial charge in [0.25, 0.3) is 0 Å². The molecule has 0 spiro atoms. The van der Waals surface area contributed by atoms with Crippen molar-refractivity contribution >= 4 is 17.5 Å². The van der Waals surface area contributed by atoms with Gasteiger partial charge in [-0.25, -0.2) is 8.78 Å². The van der Waals surface area contributed by atoms with Crippen molar-refractivity contribution in [2.75, 3.05) is 7.11 Å². The van der Waals surface area contributed by atoms with Crippen LogP contribution in [0.5, 0.6) is 0 Å². The van der Waals surface area contributed by atoms with Gasteiger partial charge in [-0.3, -0.25) is 14.4 Å². The monoisotopic (exact) mass is 338 g/mol. The molecule has 2 saturated carbocycles. The van der Waals surface area contributed by atoms with Crippen molar-refractivity contribution in [3.8, 4) is 0 Å². The lowest BCUT2D eigenvalue weighted by atomic mass is 9.75. The molecule has 1 aromatic carbocycles. The highest BCUT2D eigenvalue weighted by molar-refractivity contribution is 6.11. The van der Waals surface area contributed by atoms with Crippen LogP contribution < -0.4 is 0 Å². The molecule has 5 nitrogen and oxygen atoms in total. The summed E-state index contributed by atoms with van der Waals surface area (Å²) in [6, 6.07) is 2.91. The Kier molecular flexibility index (Phi) is 3.99. The van der Waals surface area contributed by atoms with Gasteiger partial charge in [0.05, 0.1) is 18.6 Å². The molecule has 2 fully saturated rings. The Bertz CT molecular complexity index is 711. The third kappa shape index (κ3) is 2.18. The molecule has 1 N–H and O–H groups in total. The number of Topliss-reactive ketones (excluding diaryl/α,β-unsaturated/α-hetero) is 2. The van der Waals surface area contributed by atoms with Gasteiger partial charge in [0.2, 0.25) is 0 Å². The number of ether oxygens (including phenoxy) is 1. The average Bonchev–Trinajstić information content (AvgIpc) is 3.10. The van der Waals surface area contributed by atoms with Gasteiger partial charge in [-0.05, 0) is 37.3 Å². The third-order valence-corrected chi connectivity index (χ3v) is 5.23. The maximum absolute atomic E-state index is 13.8. The number of ketones is 2. The van der Waals surface area contributed by atoms with Crippen molar-refractivity contribution in [2.45, 2.75) is 25.4 Å². The summed E-state index contributed by atoms with van der Waals surface area (Å²) in [5, 5.41) is 10.3. The number of esters is 1. The normalized spacial score (nSPS) is 29.6. The molecule has 24 heavy (non-hydrogen) atoms. The standard InChI is InChI=1S/C17H16F2O5/c1-24-16(23)17-6-5-8(7-17)11(15(17)22)13(20)14(21)12-9(18)3-2-4-10(12)19/h2-4,8,11,13,20H,5-7H2,1H3/t8-,11?,13?,17-/m1/s1. The highest BCUT2D eigenvalue weighted by Crippen LogP contribution is 2.56. The second-order valence-electron chi connectivity index (χ2n) is 6.37. The fraction of sp³-hybridized carbons (Fsp3) is 0.471. The smallest absolute Gasteiger partial charge is 0.319 e.